The van der Waals surface area contributed by atoms with E-state index in [-0.39, 0.29) is 0 Å². The molecule has 0 nitrogen and oxygen atoms in total. The molecule has 0 radical (unpaired) electrons. The summed E-state index contributed by atoms with van der Waals surface area (Å²) in [5.41, 5.74) is 11.7. The molecule has 1 heteroatoms. The van der Waals surface area contributed by atoms with Crippen LogP contribution in [0.3, 0.4) is 0 Å². The summed E-state index contributed by atoms with van der Waals surface area (Å²) in [6.45, 7) is 4.57. The Bertz CT molecular complexity index is 1340. The minimum atomic E-state index is -0.502. The van der Waals surface area contributed by atoms with Crippen molar-refractivity contribution in [3.63, 3.8) is 0 Å². The Balaban J connectivity index is 1.20. The fourth-order valence-corrected chi connectivity index (χ4v) is 7.88. The molecule has 184 valence electrons. The smallest absolute Gasteiger partial charge is 0.0651 e. The molecule has 0 N–H and O–H groups in total. The molecule has 0 saturated carbocycles. The first-order valence-corrected chi connectivity index (χ1v) is 15.4. The number of benzene rings is 4. The zero-order valence-corrected chi connectivity index (χ0v) is 23.5. The largest absolute Gasteiger partial charge is 0.0875 e. The summed E-state index contributed by atoms with van der Waals surface area (Å²) < 4.78 is 0. The van der Waals surface area contributed by atoms with Crippen LogP contribution in [0.4, 0.5) is 0 Å². The van der Waals surface area contributed by atoms with Crippen LogP contribution in [0.15, 0.2) is 108 Å². The van der Waals surface area contributed by atoms with Gasteiger partial charge in [0.1, 0.15) is 0 Å². The van der Waals surface area contributed by atoms with Crippen LogP contribution in [-0.2, 0) is 0 Å². The second-order valence-corrected chi connectivity index (χ2v) is 12.7. The molecule has 0 aliphatic heterocycles. The van der Waals surface area contributed by atoms with E-state index in [2.05, 4.69) is 123 Å². The van der Waals surface area contributed by atoms with Gasteiger partial charge in [0, 0.05) is 11.8 Å². The molecule has 0 heterocycles. The van der Waals surface area contributed by atoms with Crippen molar-refractivity contribution in [3.8, 4) is 0 Å². The zero-order valence-electron chi connectivity index (χ0n) is 22.1. The maximum absolute atomic E-state index is 2.43. The molecule has 4 aromatic rings. The maximum atomic E-state index is 2.43. The Hall–Kier alpha value is -3.42. The third kappa shape index (κ3) is 4.69. The molecule has 2 atom stereocenters. The van der Waals surface area contributed by atoms with Gasteiger partial charge in [-0.1, -0.05) is 157 Å². The lowest BCUT2D eigenvalue weighted by Gasteiger charge is -2.18. The lowest BCUT2D eigenvalue weighted by atomic mass is 9.87. The van der Waals surface area contributed by atoms with Gasteiger partial charge in [-0.2, -0.15) is 0 Å². The van der Waals surface area contributed by atoms with Crippen LogP contribution in [0, 0.1) is 0 Å². The number of allylic oxidation sites excluding steroid dienone is 2. The maximum Gasteiger partial charge on any atom is 0.0875 e. The number of fused-ring (bicyclic) bond motifs is 2. The first-order chi connectivity index (χ1) is 18.2. The first kappa shape index (κ1) is 23.9. The highest BCUT2D eigenvalue weighted by Crippen LogP contribution is 2.43. The van der Waals surface area contributed by atoms with Crippen molar-refractivity contribution < 1.29 is 0 Å². The quantitative estimate of drug-likeness (QED) is 0.222. The van der Waals surface area contributed by atoms with Gasteiger partial charge in [-0.05, 0) is 46.2 Å². The van der Waals surface area contributed by atoms with E-state index in [0.29, 0.717) is 11.8 Å². The Morgan fingerprint density at radius 3 is 1.32 bits per heavy atom. The number of rotatable bonds is 8. The summed E-state index contributed by atoms with van der Waals surface area (Å²) in [5, 5.41) is 3.03. The summed E-state index contributed by atoms with van der Waals surface area (Å²) in [4.78, 5) is 0. The lowest BCUT2D eigenvalue weighted by Crippen LogP contribution is -2.27. The van der Waals surface area contributed by atoms with Gasteiger partial charge in [0.05, 0.1) is 9.52 Å². The first-order valence-electron chi connectivity index (χ1n) is 14.0. The SMILES string of the molecule is CCCC1=Cc2ccccc2C1c1ccc([SiH2]c2ccc(C3C(CCC)=Cc4ccccc43)cc2)cc1. The monoisotopic (exact) mass is 496 g/mol. The Morgan fingerprint density at radius 2 is 0.919 bits per heavy atom. The predicted octanol–water partition coefficient (Wildman–Crippen LogP) is 7.46. The fraction of sp³-hybridized carbons (Fsp3) is 0.222. The van der Waals surface area contributed by atoms with E-state index in [0.717, 1.165) is 0 Å². The van der Waals surface area contributed by atoms with E-state index in [1.165, 1.54) is 69.4 Å². The molecule has 0 amide bonds. The van der Waals surface area contributed by atoms with E-state index in [1.54, 1.807) is 11.1 Å². The van der Waals surface area contributed by atoms with Crippen molar-refractivity contribution in [1.82, 2.24) is 0 Å². The van der Waals surface area contributed by atoms with Gasteiger partial charge in [0.2, 0.25) is 0 Å². The van der Waals surface area contributed by atoms with Crippen molar-refractivity contribution in [2.75, 3.05) is 0 Å². The molecule has 37 heavy (non-hydrogen) atoms. The number of hydrogen-bond donors (Lipinski definition) is 0. The van der Waals surface area contributed by atoms with Gasteiger partial charge >= 0.3 is 0 Å². The molecule has 4 aromatic carbocycles. The average Bonchev–Trinajstić information content (AvgIpc) is 3.48. The second kappa shape index (κ2) is 10.5. The van der Waals surface area contributed by atoms with Gasteiger partial charge in [-0.25, -0.2) is 0 Å². The van der Waals surface area contributed by atoms with Gasteiger partial charge in [-0.15, -0.1) is 0 Å². The van der Waals surface area contributed by atoms with Crippen molar-refractivity contribution in [2.24, 2.45) is 0 Å². The van der Waals surface area contributed by atoms with Crippen LogP contribution >= 0.6 is 0 Å². The molecule has 2 unspecified atom stereocenters. The Morgan fingerprint density at radius 1 is 0.514 bits per heavy atom. The van der Waals surface area contributed by atoms with Gasteiger partial charge in [-0.3, -0.25) is 0 Å². The second-order valence-electron chi connectivity index (χ2n) is 10.7. The molecular formula is C36H36Si. The lowest BCUT2D eigenvalue weighted by molar-refractivity contribution is 0.830. The van der Waals surface area contributed by atoms with Gasteiger partial charge in [0.15, 0.2) is 0 Å². The van der Waals surface area contributed by atoms with Crippen molar-refractivity contribution >= 4 is 32.0 Å². The van der Waals surface area contributed by atoms with Gasteiger partial charge in [0.25, 0.3) is 0 Å². The molecule has 0 saturated heterocycles. The third-order valence-corrected chi connectivity index (χ3v) is 9.91. The van der Waals surface area contributed by atoms with Crippen molar-refractivity contribution in [2.45, 2.75) is 51.4 Å². The fourth-order valence-electron chi connectivity index (χ4n) is 6.47. The van der Waals surface area contributed by atoms with E-state index in [9.17, 15) is 0 Å². The molecule has 0 aromatic heterocycles. The van der Waals surface area contributed by atoms with E-state index in [4.69, 9.17) is 0 Å². The normalized spacial score (nSPS) is 18.1. The van der Waals surface area contributed by atoms with Crippen molar-refractivity contribution in [3.05, 3.63) is 142 Å². The average molecular weight is 497 g/mol. The highest BCUT2D eigenvalue weighted by molar-refractivity contribution is 6.67. The topological polar surface area (TPSA) is 0 Å². The molecule has 0 fully saturated rings. The van der Waals surface area contributed by atoms with Crippen LogP contribution in [-0.4, -0.2) is 9.52 Å². The molecule has 0 bridgehead atoms. The Kier molecular flexibility index (Phi) is 6.81. The van der Waals surface area contributed by atoms with Crippen LogP contribution in [0.1, 0.15) is 84.7 Å². The highest BCUT2D eigenvalue weighted by Gasteiger charge is 2.27. The summed E-state index contributed by atoms with van der Waals surface area (Å²) in [7, 11) is -0.502. The summed E-state index contributed by atoms with van der Waals surface area (Å²) in [6.07, 6.45) is 9.58. The summed E-state index contributed by atoms with van der Waals surface area (Å²) in [5.74, 6) is 0.844. The van der Waals surface area contributed by atoms with Crippen molar-refractivity contribution in [1.29, 1.82) is 0 Å². The molecule has 2 aliphatic rings. The van der Waals surface area contributed by atoms with E-state index in [1.807, 2.05) is 0 Å². The third-order valence-electron chi connectivity index (χ3n) is 8.15. The van der Waals surface area contributed by atoms with Gasteiger partial charge < -0.3 is 0 Å². The Labute approximate surface area is 224 Å². The summed E-state index contributed by atoms with van der Waals surface area (Å²) in [6, 6.07) is 37.0. The molecule has 0 spiro atoms. The predicted molar refractivity (Wildman–Crippen MR) is 163 cm³/mol. The number of hydrogen-bond acceptors (Lipinski definition) is 0. The molecular weight excluding hydrogens is 460 g/mol. The molecule has 2 aliphatic carbocycles. The van der Waals surface area contributed by atoms with E-state index >= 15 is 0 Å². The minimum Gasteiger partial charge on any atom is -0.0651 e. The van der Waals surface area contributed by atoms with Crippen LogP contribution in [0.5, 0.6) is 0 Å². The minimum absolute atomic E-state index is 0.422. The van der Waals surface area contributed by atoms with Crippen LogP contribution < -0.4 is 10.4 Å². The van der Waals surface area contributed by atoms with Crippen LogP contribution in [0.2, 0.25) is 0 Å². The molecule has 6 rings (SSSR count). The summed E-state index contributed by atoms with van der Waals surface area (Å²) >= 11 is 0. The van der Waals surface area contributed by atoms with Crippen LogP contribution in [0.25, 0.3) is 12.2 Å². The zero-order chi connectivity index (χ0) is 25.2. The highest BCUT2D eigenvalue weighted by atomic mass is 28.2. The standard InChI is InChI=1S/C36H36Si/c1-3-9-29-23-27-11-5-7-13-33(27)35(29)25-15-19-31(20-16-25)37-32-21-17-26(18-22-32)36-30(10-4-2)24-28-12-6-8-14-34(28)36/h5-8,11-24,35-36H,3-4,9-10,37H2,1-2H3. The van der Waals surface area contributed by atoms with E-state index < -0.39 is 9.52 Å².